The first-order valence-corrected chi connectivity index (χ1v) is 10.1. The van der Waals surface area contributed by atoms with Gasteiger partial charge in [-0.15, -0.1) is 11.3 Å². The number of anilines is 1. The van der Waals surface area contributed by atoms with Crippen LogP contribution < -0.4 is 10.1 Å². The summed E-state index contributed by atoms with van der Waals surface area (Å²) >= 11 is 1.50. The number of carbonyl (C=O) groups is 1. The van der Waals surface area contributed by atoms with Crippen molar-refractivity contribution in [3.8, 4) is 5.75 Å². The highest BCUT2D eigenvalue weighted by Gasteiger charge is 2.17. The molecule has 2 heterocycles. The van der Waals surface area contributed by atoms with Crippen molar-refractivity contribution in [1.29, 1.82) is 0 Å². The molecule has 0 atom stereocenters. The summed E-state index contributed by atoms with van der Waals surface area (Å²) in [5, 5.41) is 5.66. The molecule has 1 N–H and O–H groups in total. The van der Waals surface area contributed by atoms with E-state index in [1.807, 2.05) is 29.6 Å². The molecule has 0 unspecified atom stereocenters. The molecule has 1 aromatic carbocycles. The second kappa shape index (κ2) is 9.14. The number of carbonyl (C=O) groups excluding carboxylic acids is 1. The maximum absolute atomic E-state index is 12.2. The number of aromatic nitrogens is 1. The number of hydrogen-bond acceptors (Lipinski definition) is 5. The van der Waals surface area contributed by atoms with Crippen molar-refractivity contribution in [2.45, 2.75) is 39.2 Å². The van der Waals surface area contributed by atoms with Crippen LogP contribution in [-0.4, -0.2) is 36.0 Å². The van der Waals surface area contributed by atoms with Gasteiger partial charge in [-0.25, -0.2) is 4.98 Å². The summed E-state index contributed by atoms with van der Waals surface area (Å²) in [6, 6.07) is 7.81. The highest BCUT2D eigenvalue weighted by atomic mass is 32.1. The van der Waals surface area contributed by atoms with Gasteiger partial charge >= 0.3 is 0 Å². The van der Waals surface area contributed by atoms with Gasteiger partial charge in [0.2, 0.25) is 5.91 Å². The van der Waals surface area contributed by atoms with Crippen molar-refractivity contribution in [2.75, 3.05) is 25.5 Å². The Labute approximate surface area is 159 Å². The Hall–Kier alpha value is -1.92. The summed E-state index contributed by atoms with van der Waals surface area (Å²) in [4.78, 5) is 19.2. The molecule has 0 saturated carbocycles. The van der Waals surface area contributed by atoms with Gasteiger partial charge in [-0.1, -0.05) is 25.1 Å². The highest BCUT2D eigenvalue weighted by Crippen LogP contribution is 2.22. The average molecular weight is 374 g/mol. The number of thiazole rings is 1. The molecule has 0 radical (unpaired) electrons. The third kappa shape index (κ3) is 5.29. The van der Waals surface area contributed by atoms with E-state index < -0.39 is 0 Å². The molecular formula is C20H27N3O2S. The minimum atomic E-state index is -0.0106. The Kier molecular flexibility index (Phi) is 6.63. The zero-order valence-electron chi connectivity index (χ0n) is 15.5. The second-order valence-electron chi connectivity index (χ2n) is 6.96. The van der Waals surface area contributed by atoms with Gasteiger partial charge < -0.3 is 10.1 Å². The van der Waals surface area contributed by atoms with E-state index >= 15 is 0 Å². The molecule has 5 nitrogen and oxygen atoms in total. The van der Waals surface area contributed by atoms with Crippen LogP contribution in [0.25, 0.3) is 0 Å². The Morgan fingerprint density at radius 3 is 2.88 bits per heavy atom. The van der Waals surface area contributed by atoms with E-state index in [1.54, 1.807) is 7.11 Å². The third-order valence-electron chi connectivity index (χ3n) is 4.87. The number of nitrogens with one attached hydrogen (secondary N) is 1. The molecule has 0 aliphatic carbocycles. The lowest BCUT2D eigenvalue weighted by Crippen LogP contribution is -2.32. The number of benzene rings is 1. The second-order valence-corrected chi connectivity index (χ2v) is 7.82. The van der Waals surface area contributed by atoms with Crippen molar-refractivity contribution in [3.63, 3.8) is 0 Å². The van der Waals surface area contributed by atoms with Crippen molar-refractivity contribution < 1.29 is 9.53 Å². The first kappa shape index (κ1) is 18.9. The Bertz CT molecular complexity index is 723. The first-order valence-electron chi connectivity index (χ1n) is 9.22. The number of likely N-dealkylation sites (tertiary alicyclic amines) is 1. The zero-order chi connectivity index (χ0) is 18.4. The fourth-order valence-corrected chi connectivity index (χ4v) is 3.94. The van der Waals surface area contributed by atoms with E-state index in [9.17, 15) is 4.79 Å². The molecule has 26 heavy (non-hydrogen) atoms. The number of aryl methyl sites for hydroxylation is 1. The zero-order valence-corrected chi connectivity index (χ0v) is 16.3. The molecule has 1 aromatic heterocycles. The van der Waals surface area contributed by atoms with Crippen molar-refractivity contribution in [1.82, 2.24) is 9.88 Å². The lowest BCUT2D eigenvalue weighted by atomic mass is 9.99. The predicted molar refractivity (Wildman–Crippen MR) is 106 cm³/mol. The van der Waals surface area contributed by atoms with E-state index in [2.05, 4.69) is 22.1 Å². The molecule has 1 aliphatic rings. The molecule has 3 rings (SSSR count). The van der Waals surface area contributed by atoms with Crippen molar-refractivity contribution in [3.05, 3.63) is 40.9 Å². The molecule has 1 aliphatic heterocycles. The van der Waals surface area contributed by atoms with Gasteiger partial charge in [0.15, 0.2) is 5.13 Å². The van der Waals surface area contributed by atoms with E-state index in [4.69, 9.17) is 4.74 Å². The molecule has 1 fully saturated rings. The van der Waals surface area contributed by atoms with Gasteiger partial charge in [-0.05, 0) is 49.9 Å². The van der Waals surface area contributed by atoms with Crippen LogP contribution in [0.3, 0.4) is 0 Å². The van der Waals surface area contributed by atoms with Gasteiger partial charge in [0.05, 0.1) is 12.8 Å². The maximum Gasteiger partial charge on any atom is 0.226 e. The summed E-state index contributed by atoms with van der Waals surface area (Å²) in [5.41, 5.74) is 2.09. The van der Waals surface area contributed by atoms with E-state index in [0.29, 0.717) is 18.0 Å². The number of ether oxygens (including phenoxy) is 1. The lowest BCUT2D eigenvalue weighted by molar-refractivity contribution is -0.116. The van der Waals surface area contributed by atoms with Gasteiger partial charge in [0.25, 0.3) is 0 Å². The van der Waals surface area contributed by atoms with Crippen LogP contribution in [-0.2, 0) is 17.8 Å². The van der Waals surface area contributed by atoms with Crippen LogP contribution in [0.4, 0.5) is 5.13 Å². The van der Waals surface area contributed by atoms with Crippen molar-refractivity contribution in [2.24, 2.45) is 5.92 Å². The summed E-state index contributed by atoms with van der Waals surface area (Å²) in [7, 11) is 1.65. The van der Waals surface area contributed by atoms with Crippen LogP contribution in [0.1, 0.15) is 37.4 Å². The monoisotopic (exact) mass is 373 g/mol. The topological polar surface area (TPSA) is 54.5 Å². The summed E-state index contributed by atoms with van der Waals surface area (Å²) in [6.07, 6.45) is 3.59. The van der Waals surface area contributed by atoms with Gasteiger partial charge in [0.1, 0.15) is 5.75 Å². The summed E-state index contributed by atoms with van der Waals surface area (Å²) in [5.74, 6) is 1.65. The van der Waals surface area contributed by atoms with Crippen molar-refractivity contribution >= 4 is 22.4 Å². The molecule has 1 amide bonds. The SMILES string of the molecule is COc1ccccc1CCC(=O)Nc1nc(CN2CCC(C)CC2)cs1. The molecule has 6 heteroatoms. The fourth-order valence-electron chi connectivity index (χ4n) is 3.23. The molecule has 140 valence electrons. The number of piperidine rings is 1. The number of rotatable bonds is 7. The Morgan fingerprint density at radius 1 is 1.35 bits per heavy atom. The average Bonchev–Trinajstić information content (AvgIpc) is 3.09. The van der Waals surface area contributed by atoms with E-state index in [0.717, 1.165) is 42.6 Å². The van der Waals surface area contributed by atoms with Crippen LogP contribution in [0.5, 0.6) is 5.75 Å². The van der Waals surface area contributed by atoms with Gasteiger partial charge in [0, 0.05) is 18.3 Å². The normalized spacial score (nSPS) is 15.8. The minimum absolute atomic E-state index is 0.0106. The lowest BCUT2D eigenvalue weighted by Gasteiger charge is -2.29. The van der Waals surface area contributed by atoms with E-state index in [1.165, 1.54) is 24.2 Å². The third-order valence-corrected chi connectivity index (χ3v) is 5.68. The number of hydrogen-bond donors (Lipinski definition) is 1. The van der Waals surface area contributed by atoms with E-state index in [-0.39, 0.29) is 5.91 Å². The van der Waals surface area contributed by atoms with Crippen LogP contribution >= 0.6 is 11.3 Å². The quantitative estimate of drug-likeness (QED) is 0.798. The standard InChI is InChI=1S/C20H27N3O2S/c1-15-9-11-23(12-10-15)13-17-14-26-20(21-17)22-19(24)8-7-16-5-3-4-6-18(16)25-2/h3-6,14-15H,7-13H2,1-2H3,(H,21,22,24). The minimum Gasteiger partial charge on any atom is -0.496 e. The smallest absolute Gasteiger partial charge is 0.226 e. The molecule has 2 aromatic rings. The molecule has 1 saturated heterocycles. The first-order chi connectivity index (χ1) is 12.6. The number of methoxy groups -OCH3 is 1. The molecule has 0 spiro atoms. The molecular weight excluding hydrogens is 346 g/mol. The molecule has 0 bridgehead atoms. The van der Waals surface area contributed by atoms with Crippen LogP contribution in [0, 0.1) is 5.92 Å². The Morgan fingerprint density at radius 2 is 2.12 bits per heavy atom. The fraction of sp³-hybridized carbons (Fsp3) is 0.500. The summed E-state index contributed by atoms with van der Waals surface area (Å²) < 4.78 is 5.33. The maximum atomic E-state index is 12.2. The highest BCUT2D eigenvalue weighted by molar-refractivity contribution is 7.13. The number of amides is 1. The number of para-hydroxylation sites is 1. The van der Waals surface area contributed by atoms with Gasteiger partial charge in [-0.3, -0.25) is 9.69 Å². The predicted octanol–water partition coefficient (Wildman–Crippen LogP) is 3.95. The van der Waals surface area contributed by atoms with Crippen LogP contribution in [0.15, 0.2) is 29.6 Å². The van der Waals surface area contributed by atoms with Crippen LogP contribution in [0.2, 0.25) is 0 Å². The van der Waals surface area contributed by atoms with Gasteiger partial charge in [-0.2, -0.15) is 0 Å². The Balaban J connectivity index is 1.47. The summed E-state index contributed by atoms with van der Waals surface area (Å²) in [6.45, 7) is 5.47. The number of nitrogens with zero attached hydrogens (tertiary/aromatic N) is 2. The largest absolute Gasteiger partial charge is 0.496 e.